The molecule has 3 rings (SSSR count). The Morgan fingerprint density at radius 1 is 1.40 bits per heavy atom. The third kappa shape index (κ3) is 3.70. The molecule has 1 aliphatic carbocycles. The van der Waals surface area contributed by atoms with Gasteiger partial charge in [0.05, 0.1) is 17.8 Å². The maximum atomic E-state index is 13.9. The van der Waals surface area contributed by atoms with Gasteiger partial charge >= 0.3 is 0 Å². The fourth-order valence-corrected chi connectivity index (χ4v) is 3.81. The van der Waals surface area contributed by atoms with Crippen molar-refractivity contribution in [2.45, 2.75) is 30.3 Å². The highest BCUT2D eigenvalue weighted by Gasteiger charge is 2.47. The van der Waals surface area contributed by atoms with E-state index in [1.54, 1.807) is 19.1 Å². The van der Waals surface area contributed by atoms with E-state index >= 15 is 0 Å². The Hall–Kier alpha value is -1.90. The minimum Gasteiger partial charge on any atom is -0.491 e. The van der Waals surface area contributed by atoms with E-state index < -0.39 is 21.4 Å². The zero-order chi connectivity index (χ0) is 18.1. The van der Waals surface area contributed by atoms with Crippen LogP contribution in [0.4, 0.5) is 4.39 Å². The van der Waals surface area contributed by atoms with Crippen LogP contribution in [0.1, 0.15) is 25.5 Å². The molecular weight excluding hydrogens is 349 g/mol. The van der Waals surface area contributed by atoms with Gasteiger partial charge in [0.25, 0.3) is 0 Å². The van der Waals surface area contributed by atoms with Crippen LogP contribution in [0.3, 0.4) is 0 Å². The summed E-state index contributed by atoms with van der Waals surface area (Å²) in [4.78, 5) is -0.231. The molecule has 136 valence electrons. The first-order chi connectivity index (χ1) is 11.9. The minimum absolute atomic E-state index is 0.00785. The Morgan fingerprint density at radius 3 is 2.72 bits per heavy atom. The fourth-order valence-electron chi connectivity index (χ4n) is 2.73. The number of hydrogen-bond donors (Lipinski definition) is 2. The lowest BCUT2D eigenvalue weighted by Crippen LogP contribution is -2.42. The van der Waals surface area contributed by atoms with E-state index in [2.05, 4.69) is 4.72 Å². The van der Waals surface area contributed by atoms with Gasteiger partial charge in [-0.15, -0.1) is 0 Å². The number of sulfonamides is 1. The molecule has 0 saturated heterocycles. The second-order valence-corrected chi connectivity index (χ2v) is 7.79. The van der Waals surface area contributed by atoms with E-state index in [9.17, 15) is 17.9 Å². The van der Waals surface area contributed by atoms with Crippen LogP contribution < -0.4 is 9.46 Å². The van der Waals surface area contributed by atoms with E-state index in [-0.39, 0.29) is 29.7 Å². The Kier molecular flexibility index (Phi) is 4.86. The zero-order valence-electron chi connectivity index (χ0n) is 13.7. The van der Waals surface area contributed by atoms with Crippen molar-refractivity contribution in [3.8, 4) is 5.75 Å². The first kappa shape index (κ1) is 17.9. The van der Waals surface area contributed by atoms with Gasteiger partial charge in [0, 0.05) is 6.54 Å². The maximum Gasteiger partial charge on any atom is 0.240 e. The Balaban J connectivity index is 1.78. The number of aliphatic hydroxyl groups is 1. The lowest BCUT2D eigenvalue weighted by atomic mass is 9.95. The first-order valence-electron chi connectivity index (χ1n) is 8.05. The SMILES string of the molecule is CCOc1ccc(S(=O)(=O)NCC(O)(c2ccco2)C2CC2)cc1F. The second-order valence-electron chi connectivity index (χ2n) is 6.03. The van der Waals surface area contributed by atoms with Gasteiger partial charge in [-0.25, -0.2) is 17.5 Å². The van der Waals surface area contributed by atoms with Crippen molar-refractivity contribution in [3.63, 3.8) is 0 Å². The van der Waals surface area contributed by atoms with Crippen LogP contribution in [-0.4, -0.2) is 26.7 Å². The van der Waals surface area contributed by atoms with Gasteiger partial charge in [0.2, 0.25) is 10.0 Å². The largest absolute Gasteiger partial charge is 0.491 e. The van der Waals surface area contributed by atoms with E-state index in [4.69, 9.17) is 9.15 Å². The average Bonchev–Trinajstić information content (AvgIpc) is 3.29. The highest BCUT2D eigenvalue weighted by molar-refractivity contribution is 7.89. The van der Waals surface area contributed by atoms with Crippen LogP contribution in [0.2, 0.25) is 0 Å². The quantitative estimate of drug-likeness (QED) is 0.746. The fraction of sp³-hybridized carbons (Fsp3) is 0.412. The van der Waals surface area contributed by atoms with Crippen LogP contribution in [0.25, 0.3) is 0 Å². The first-order valence-corrected chi connectivity index (χ1v) is 9.53. The summed E-state index contributed by atoms with van der Waals surface area (Å²) in [6.45, 7) is 1.74. The summed E-state index contributed by atoms with van der Waals surface area (Å²) in [6, 6.07) is 6.69. The predicted molar refractivity (Wildman–Crippen MR) is 88.1 cm³/mol. The molecule has 8 heteroatoms. The van der Waals surface area contributed by atoms with Crippen LogP contribution in [0, 0.1) is 11.7 Å². The van der Waals surface area contributed by atoms with Crippen molar-refractivity contribution < 1.29 is 27.1 Å². The molecule has 1 atom stereocenters. The summed E-state index contributed by atoms with van der Waals surface area (Å²) in [7, 11) is -3.99. The summed E-state index contributed by atoms with van der Waals surface area (Å²) in [5.74, 6) is -0.520. The Labute approximate surface area is 145 Å². The minimum atomic E-state index is -3.99. The lowest BCUT2D eigenvalue weighted by Gasteiger charge is -2.26. The van der Waals surface area contributed by atoms with Crippen LogP contribution in [0.5, 0.6) is 5.75 Å². The third-order valence-corrected chi connectivity index (χ3v) is 5.64. The van der Waals surface area contributed by atoms with Gasteiger partial charge in [0.15, 0.2) is 11.6 Å². The van der Waals surface area contributed by atoms with Crippen molar-refractivity contribution >= 4 is 10.0 Å². The Morgan fingerprint density at radius 2 is 2.16 bits per heavy atom. The summed E-state index contributed by atoms with van der Waals surface area (Å²) < 4.78 is 51.5. The molecule has 0 radical (unpaired) electrons. The standard InChI is InChI=1S/C17H20FNO5S/c1-2-23-15-8-7-13(10-14(15)18)25(21,22)19-11-17(20,12-5-6-12)16-4-3-9-24-16/h3-4,7-10,12,19-20H,2,5-6,11H2,1H3. The van der Waals surface area contributed by atoms with Gasteiger partial charge in [-0.3, -0.25) is 0 Å². The number of hydrogen-bond acceptors (Lipinski definition) is 5. The lowest BCUT2D eigenvalue weighted by molar-refractivity contribution is -0.00224. The van der Waals surface area contributed by atoms with E-state index in [0.717, 1.165) is 18.9 Å². The molecule has 0 aliphatic heterocycles. The molecule has 1 fully saturated rings. The number of nitrogens with one attached hydrogen (secondary N) is 1. The molecular formula is C17H20FNO5S. The smallest absolute Gasteiger partial charge is 0.240 e. The Bertz CT molecular complexity index is 833. The van der Waals surface area contributed by atoms with Crippen molar-refractivity contribution in [3.05, 3.63) is 48.2 Å². The third-order valence-electron chi connectivity index (χ3n) is 4.25. The summed E-state index contributed by atoms with van der Waals surface area (Å²) in [6.07, 6.45) is 3.01. The molecule has 1 aliphatic rings. The monoisotopic (exact) mass is 369 g/mol. The van der Waals surface area contributed by atoms with Crippen LogP contribution in [0.15, 0.2) is 45.9 Å². The highest BCUT2D eigenvalue weighted by Crippen LogP contribution is 2.45. The van der Waals surface area contributed by atoms with Gasteiger partial charge in [-0.2, -0.15) is 0 Å². The topological polar surface area (TPSA) is 88.8 Å². The second kappa shape index (κ2) is 6.78. The van der Waals surface area contributed by atoms with Crippen LogP contribution in [-0.2, 0) is 15.6 Å². The van der Waals surface area contributed by atoms with Crippen molar-refractivity contribution in [2.24, 2.45) is 5.92 Å². The molecule has 2 N–H and O–H groups in total. The molecule has 1 saturated carbocycles. The summed E-state index contributed by atoms with van der Waals surface area (Å²) in [5, 5.41) is 10.9. The van der Waals surface area contributed by atoms with Gasteiger partial charge in [0.1, 0.15) is 11.4 Å². The molecule has 1 aromatic carbocycles. The number of benzene rings is 1. The normalized spacial score (nSPS) is 17.2. The number of furan rings is 1. The molecule has 1 aromatic heterocycles. The molecule has 1 unspecified atom stereocenters. The molecule has 0 bridgehead atoms. The van der Waals surface area contributed by atoms with Gasteiger partial charge < -0.3 is 14.3 Å². The van der Waals surface area contributed by atoms with Crippen molar-refractivity contribution in [1.82, 2.24) is 4.72 Å². The molecule has 2 aromatic rings. The average molecular weight is 369 g/mol. The maximum absolute atomic E-state index is 13.9. The molecule has 0 amide bonds. The number of rotatable bonds is 8. The van der Waals surface area contributed by atoms with Gasteiger partial charge in [-0.1, -0.05) is 0 Å². The van der Waals surface area contributed by atoms with E-state index in [0.29, 0.717) is 5.76 Å². The van der Waals surface area contributed by atoms with Crippen molar-refractivity contribution in [1.29, 1.82) is 0 Å². The molecule has 25 heavy (non-hydrogen) atoms. The van der Waals surface area contributed by atoms with Crippen molar-refractivity contribution in [2.75, 3.05) is 13.2 Å². The zero-order valence-corrected chi connectivity index (χ0v) is 14.6. The number of halogens is 1. The van der Waals surface area contributed by atoms with E-state index in [1.165, 1.54) is 18.4 Å². The molecule has 0 spiro atoms. The van der Waals surface area contributed by atoms with E-state index in [1.807, 2.05) is 0 Å². The summed E-state index contributed by atoms with van der Waals surface area (Å²) in [5.41, 5.74) is -1.42. The predicted octanol–water partition coefficient (Wildman–Crippen LogP) is 2.39. The highest BCUT2D eigenvalue weighted by atomic mass is 32.2. The van der Waals surface area contributed by atoms with Crippen LogP contribution >= 0.6 is 0 Å². The number of ether oxygens (including phenoxy) is 1. The summed E-state index contributed by atoms with van der Waals surface area (Å²) >= 11 is 0. The van der Waals surface area contributed by atoms with Gasteiger partial charge in [-0.05, 0) is 56.0 Å². The molecule has 6 nitrogen and oxygen atoms in total. The molecule has 1 heterocycles.